The minimum absolute atomic E-state index is 0.173. The SMILES string of the molecule is CCC(Cl)C(=O)N(Cc1nnc(N(C)C)o1)c1ccccc1C. The summed E-state index contributed by atoms with van der Waals surface area (Å²) in [5.41, 5.74) is 1.77. The molecule has 0 saturated carbocycles. The van der Waals surface area contributed by atoms with Gasteiger partial charge in [0.25, 0.3) is 0 Å². The summed E-state index contributed by atoms with van der Waals surface area (Å²) in [6, 6.07) is 8.04. The standard InChI is InChI=1S/C16H21ClN4O2/c1-5-12(17)15(22)21(13-9-7-6-8-11(13)2)10-14-18-19-16(23-14)20(3)4/h6-9,12H,5,10H2,1-4H3. The highest BCUT2D eigenvalue weighted by Gasteiger charge is 2.25. The monoisotopic (exact) mass is 336 g/mol. The third-order valence-electron chi connectivity index (χ3n) is 3.43. The molecule has 0 aliphatic rings. The van der Waals surface area contributed by atoms with Crippen molar-refractivity contribution in [2.24, 2.45) is 0 Å². The lowest BCUT2D eigenvalue weighted by Crippen LogP contribution is -2.36. The molecular formula is C16H21ClN4O2. The molecule has 7 heteroatoms. The Bertz CT molecular complexity index is 672. The van der Waals surface area contributed by atoms with Crippen molar-refractivity contribution in [2.75, 3.05) is 23.9 Å². The van der Waals surface area contributed by atoms with E-state index < -0.39 is 5.38 Å². The molecule has 0 spiro atoms. The topological polar surface area (TPSA) is 62.5 Å². The van der Waals surface area contributed by atoms with Gasteiger partial charge in [-0.25, -0.2) is 0 Å². The second-order valence-electron chi connectivity index (χ2n) is 5.46. The van der Waals surface area contributed by atoms with E-state index in [0.29, 0.717) is 18.3 Å². The molecule has 0 radical (unpaired) electrons. The maximum absolute atomic E-state index is 12.7. The molecule has 6 nitrogen and oxygen atoms in total. The largest absolute Gasteiger partial charge is 0.406 e. The highest BCUT2D eigenvalue weighted by Crippen LogP contribution is 2.24. The molecule has 1 aromatic heterocycles. The van der Waals surface area contributed by atoms with Gasteiger partial charge in [-0.15, -0.1) is 16.7 Å². The van der Waals surface area contributed by atoms with Crippen LogP contribution in [0.5, 0.6) is 0 Å². The highest BCUT2D eigenvalue weighted by molar-refractivity contribution is 6.32. The van der Waals surface area contributed by atoms with E-state index in [-0.39, 0.29) is 12.5 Å². The van der Waals surface area contributed by atoms with Gasteiger partial charge in [-0.2, -0.15) is 0 Å². The van der Waals surface area contributed by atoms with Crippen LogP contribution in [0.4, 0.5) is 11.7 Å². The second kappa shape index (κ2) is 7.46. The fourth-order valence-corrected chi connectivity index (χ4v) is 2.23. The Labute approximate surface area is 141 Å². The summed E-state index contributed by atoms with van der Waals surface area (Å²) >= 11 is 6.17. The Kier molecular flexibility index (Phi) is 5.60. The zero-order chi connectivity index (χ0) is 17.0. The number of nitrogens with zero attached hydrogens (tertiary/aromatic N) is 4. The zero-order valence-electron chi connectivity index (χ0n) is 13.8. The van der Waals surface area contributed by atoms with Gasteiger partial charge < -0.3 is 14.2 Å². The van der Waals surface area contributed by atoms with E-state index in [0.717, 1.165) is 11.3 Å². The first-order valence-corrected chi connectivity index (χ1v) is 7.88. The van der Waals surface area contributed by atoms with Crippen LogP contribution < -0.4 is 9.80 Å². The number of benzene rings is 1. The van der Waals surface area contributed by atoms with Crippen LogP contribution in [0.2, 0.25) is 0 Å². The lowest BCUT2D eigenvalue weighted by Gasteiger charge is -2.24. The van der Waals surface area contributed by atoms with Crippen molar-refractivity contribution < 1.29 is 9.21 Å². The van der Waals surface area contributed by atoms with E-state index in [2.05, 4.69) is 10.2 Å². The third kappa shape index (κ3) is 4.01. The molecule has 0 saturated heterocycles. The van der Waals surface area contributed by atoms with Gasteiger partial charge in [0.15, 0.2) is 0 Å². The summed E-state index contributed by atoms with van der Waals surface area (Å²) in [7, 11) is 3.63. The summed E-state index contributed by atoms with van der Waals surface area (Å²) in [6.45, 7) is 4.01. The average molecular weight is 337 g/mol. The molecule has 1 amide bonds. The van der Waals surface area contributed by atoms with Crippen LogP contribution >= 0.6 is 11.6 Å². The Morgan fingerprint density at radius 2 is 2.00 bits per heavy atom. The van der Waals surface area contributed by atoms with Crippen LogP contribution in [0.15, 0.2) is 28.7 Å². The molecule has 1 atom stereocenters. The Balaban J connectivity index is 2.33. The van der Waals surface area contributed by atoms with E-state index >= 15 is 0 Å². The number of rotatable bonds is 6. The highest BCUT2D eigenvalue weighted by atomic mass is 35.5. The molecule has 23 heavy (non-hydrogen) atoms. The first kappa shape index (κ1) is 17.3. The smallest absolute Gasteiger partial charge is 0.317 e. The summed E-state index contributed by atoms with van der Waals surface area (Å²) in [5, 5.41) is 7.36. The number of anilines is 2. The molecule has 1 unspecified atom stereocenters. The van der Waals surface area contributed by atoms with Crippen LogP contribution in [0, 0.1) is 6.92 Å². The minimum Gasteiger partial charge on any atom is -0.406 e. The van der Waals surface area contributed by atoms with E-state index in [1.807, 2.05) is 52.2 Å². The number of carbonyl (C=O) groups excluding carboxylic acids is 1. The predicted octanol–water partition coefficient (Wildman–Crippen LogP) is 2.99. The summed E-state index contributed by atoms with van der Waals surface area (Å²) in [4.78, 5) is 16.0. The lowest BCUT2D eigenvalue weighted by molar-refractivity contribution is -0.118. The number of aromatic nitrogens is 2. The van der Waals surface area contributed by atoms with Crippen LogP contribution in [-0.2, 0) is 11.3 Å². The number of carbonyl (C=O) groups is 1. The molecule has 1 heterocycles. The Morgan fingerprint density at radius 3 is 2.57 bits per heavy atom. The van der Waals surface area contributed by atoms with Crippen molar-refractivity contribution in [3.05, 3.63) is 35.7 Å². The van der Waals surface area contributed by atoms with Gasteiger partial charge in [-0.05, 0) is 25.0 Å². The number of alkyl halides is 1. The van der Waals surface area contributed by atoms with Crippen molar-refractivity contribution in [2.45, 2.75) is 32.2 Å². The van der Waals surface area contributed by atoms with E-state index in [9.17, 15) is 4.79 Å². The maximum atomic E-state index is 12.7. The first-order valence-electron chi connectivity index (χ1n) is 7.44. The molecule has 2 aromatic rings. The fourth-order valence-electron chi connectivity index (χ4n) is 2.12. The maximum Gasteiger partial charge on any atom is 0.317 e. The van der Waals surface area contributed by atoms with Gasteiger partial charge in [-0.3, -0.25) is 4.79 Å². The minimum atomic E-state index is -0.592. The number of hydrogen-bond donors (Lipinski definition) is 0. The van der Waals surface area contributed by atoms with Crippen LogP contribution in [0.3, 0.4) is 0 Å². The first-order chi connectivity index (χ1) is 10.9. The van der Waals surface area contributed by atoms with Crippen LogP contribution in [0.1, 0.15) is 24.8 Å². The van der Waals surface area contributed by atoms with Gasteiger partial charge in [-0.1, -0.05) is 30.2 Å². The van der Waals surface area contributed by atoms with E-state index in [1.54, 1.807) is 9.80 Å². The Morgan fingerprint density at radius 1 is 1.30 bits per heavy atom. The van der Waals surface area contributed by atoms with Crippen molar-refractivity contribution in [3.63, 3.8) is 0 Å². The van der Waals surface area contributed by atoms with E-state index in [4.69, 9.17) is 16.0 Å². The lowest BCUT2D eigenvalue weighted by atomic mass is 10.1. The second-order valence-corrected chi connectivity index (χ2v) is 5.99. The van der Waals surface area contributed by atoms with Gasteiger partial charge in [0.2, 0.25) is 11.8 Å². The summed E-state index contributed by atoms with van der Waals surface area (Å²) < 4.78 is 5.57. The van der Waals surface area contributed by atoms with Gasteiger partial charge >= 0.3 is 6.01 Å². The van der Waals surface area contributed by atoms with Crippen LogP contribution in [0.25, 0.3) is 0 Å². The van der Waals surface area contributed by atoms with E-state index in [1.165, 1.54) is 0 Å². The normalized spacial score (nSPS) is 12.0. The molecule has 0 bridgehead atoms. The van der Waals surface area contributed by atoms with Crippen molar-refractivity contribution >= 4 is 29.2 Å². The molecule has 0 aliphatic heterocycles. The van der Waals surface area contributed by atoms with Crippen molar-refractivity contribution in [3.8, 4) is 0 Å². The van der Waals surface area contributed by atoms with Crippen molar-refractivity contribution in [1.82, 2.24) is 10.2 Å². The molecule has 2 rings (SSSR count). The fraction of sp³-hybridized carbons (Fsp3) is 0.438. The van der Waals surface area contributed by atoms with Gasteiger partial charge in [0, 0.05) is 19.8 Å². The molecular weight excluding hydrogens is 316 g/mol. The number of aryl methyl sites for hydroxylation is 1. The number of hydrogen-bond acceptors (Lipinski definition) is 5. The van der Waals surface area contributed by atoms with Gasteiger partial charge in [0.05, 0.1) is 0 Å². The third-order valence-corrected chi connectivity index (χ3v) is 3.93. The number of halogens is 1. The zero-order valence-corrected chi connectivity index (χ0v) is 14.5. The molecule has 1 aromatic carbocycles. The predicted molar refractivity (Wildman–Crippen MR) is 90.9 cm³/mol. The number of amides is 1. The Hall–Kier alpha value is -2.08. The molecule has 0 fully saturated rings. The average Bonchev–Trinajstić information content (AvgIpc) is 3.01. The quantitative estimate of drug-likeness (QED) is 0.759. The summed E-state index contributed by atoms with van der Waals surface area (Å²) in [5.74, 6) is 0.193. The van der Waals surface area contributed by atoms with Gasteiger partial charge in [0.1, 0.15) is 11.9 Å². The molecule has 0 aliphatic carbocycles. The summed E-state index contributed by atoms with van der Waals surface area (Å²) in [6.07, 6.45) is 0.551. The molecule has 0 N–H and O–H groups in total. The van der Waals surface area contributed by atoms with Crippen LogP contribution in [-0.4, -0.2) is 35.6 Å². The number of para-hydroxylation sites is 1. The van der Waals surface area contributed by atoms with Crippen molar-refractivity contribution in [1.29, 1.82) is 0 Å². The molecule has 124 valence electrons.